The van der Waals surface area contributed by atoms with Crippen LogP contribution in [-0.4, -0.2) is 6.36 Å². The summed E-state index contributed by atoms with van der Waals surface area (Å²) in [6.45, 7) is 3.87. The molecule has 1 aromatic rings. The van der Waals surface area contributed by atoms with Gasteiger partial charge in [-0.3, -0.25) is 0 Å². The molecule has 141 valence electrons. The first-order chi connectivity index (χ1) is 12.4. The van der Waals surface area contributed by atoms with Crippen LogP contribution in [0.1, 0.15) is 56.4 Å². The Bertz CT molecular complexity index is 669. The zero-order valence-electron chi connectivity index (χ0n) is 14.6. The summed E-state index contributed by atoms with van der Waals surface area (Å²) in [5, 5.41) is 0. The van der Waals surface area contributed by atoms with Crippen molar-refractivity contribution in [3.63, 3.8) is 0 Å². The molecule has 0 N–H and O–H groups in total. The first kappa shape index (κ1) is 19.0. The van der Waals surface area contributed by atoms with E-state index in [1.807, 2.05) is 6.08 Å². The van der Waals surface area contributed by atoms with E-state index in [0.29, 0.717) is 5.92 Å². The van der Waals surface area contributed by atoms with Gasteiger partial charge in [0, 0.05) is 5.92 Å². The van der Waals surface area contributed by atoms with Crippen molar-refractivity contribution < 1.29 is 22.3 Å². The van der Waals surface area contributed by atoms with E-state index in [-0.39, 0.29) is 5.92 Å². The summed E-state index contributed by atoms with van der Waals surface area (Å²) in [5.41, 5.74) is 2.15. The monoisotopic (exact) mass is 367 g/mol. The molecule has 1 radical (unpaired) electrons. The number of rotatable bonds is 4. The largest absolute Gasteiger partial charge is 0.573 e. The molecule has 0 heterocycles. The Morgan fingerprint density at radius 1 is 1.08 bits per heavy atom. The van der Waals surface area contributed by atoms with E-state index >= 15 is 0 Å². The molecule has 2 aliphatic carbocycles. The predicted molar refractivity (Wildman–Crippen MR) is 93.2 cm³/mol. The molecule has 0 spiro atoms. The number of allylic oxidation sites excluding steroid dienone is 3. The van der Waals surface area contributed by atoms with Gasteiger partial charge in [0.05, 0.1) is 0 Å². The van der Waals surface area contributed by atoms with Gasteiger partial charge in [-0.05, 0) is 74.5 Å². The summed E-state index contributed by atoms with van der Waals surface area (Å²) in [7, 11) is 0. The molecule has 1 fully saturated rings. The Hall–Kier alpha value is -1.78. The van der Waals surface area contributed by atoms with Gasteiger partial charge in [-0.1, -0.05) is 23.8 Å². The quantitative estimate of drug-likeness (QED) is 0.417. The lowest BCUT2D eigenvalue weighted by Gasteiger charge is -2.31. The fourth-order valence-corrected chi connectivity index (χ4v) is 3.98. The summed E-state index contributed by atoms with van der Waals surface area (Å²) in [6.07, 6.45) is 6.57. The van der Waals surface area contributed by atoms with E-state index in [4.69, 9.17) is 0 Å². The Morgan fingerprint density at radius 2 is 1.81 bits per heavy atom. The first-order valence-electron chi connectivity index (χ1n) is 9.07. The fraction of sp³-hybridized carbons (Fsp3) is 0.476. The molecule has 0 aliphatic heterocycles. The summed E-state index contributed by atoms with van der Waals surface area (Å²) >= 11 is 0. The van der Waals surface area contributed by atoms with E-state index in [9.17, 15) is 17.6 Å². The van der Waals surface area contributed by atoms with Crippen LogP contribution in [0.5, 0.6) is 5.75 Å². The Kier molecular flexibility index (Phi) is 5.73. The lowest BCUT2D eigenvalue weighted by atomic mass is 9.74. The van der Waals surface area contributed by atoms with Crippen molar-refractivity contribution in [2.75, 3.05) is 0 Å². The predicted octanol–water partition coefficient (Wildman–Crippen LogP) is 6.87. The zero-order valence-corrected chi connectivity index (χ0v) is 14.6. The fourth-order valence-electron chi connectivity index (χ4n) is 3.98. The Labute approximate surface area is 151 Å². The van der Waals surface area contributed by atoms with Gasteiger partial charge < -0.3 is 4.74 Å². The van der Waals surface area contributed by atoms with Crippen LogP contribution in [0, 0.1) is 17.7 Å². The SMILES string of the molecule is C=CC1CC[C](C2=CCC(c3ccc(OC(F)(F)F)c(F)c3)CC2)CC1. The van der Waals surface area contributed by atoms with Gasteiger partial charge in [-0.25, -0.2) is 4.39 Å². The van der Waals surface area contributed by atoms with Crippen LogP contribution in [0.4, 0.5) is 17.6 Å². The van der Waals surface area contributed by atoms with Crippen molar-refractivity contribution in [1.29, 1.82) is 0 Å². The highest BCUT2D eigenvalue weighted by Crippen LogP contribution is 2.42. The molecule has 1 atom stereocenters. The molecular formula is C21H23F4O. The second kappa shape index (κ2) is 7.85. The van der Waals surface area contributed by atoms with Crippen molar-refractivity contribution in [2.24, 2.45) is 5.92 Å². The van der Waals surface area contributed by atoms with Gasteiger partial charge >= 0.3 is 6.36 Å². The lowest BCUT2D eigenvalue weighted by molar-refractivity contribution is -0.275. The van der Waals surface area contributed by atoms with Crippen LogP contribution in [0.25, 0.3) is 0 Å². The van der Waals surface area contributed by atoms with Crippen LogP contribution in [0.3, 0.4) is 0 Å². The summed E-state index contributed by atoms with van der Waals surface area (Å²) < 4.78 is 54.3. The van der Waals surface area contributed by atoms with Crippen LogP contribution in [0.2, 0.25) is 0 Å². The van der Waals surface area contributed by atoms with Crippen LogP contribution in [-0.2, 0) is 0 Å². The standard InChI is InChI=1S/C21H23F4O/c1-2-14-3-5-15(6-4-14)16-7-9-17(10-8-16)18-11-12-20(19(22)13-18)26-21(23,24)25/h2,7,11-14,17H,1,3-6,8-10H2. The molecule has 3 rings (SSSR count). The highest BCUT2D eigenvalue weighted by Gasteiger charge is 2.32. The van der Waals surface area contributed by atoms with Crippen molar-refractivity contribution >= 4 is 0 Å². The van der Waals surface area contributed by atoms with E-state index in [2.05, 4.69) is 17.4 Å². The molecular weight excluding hydrogens is 344 g/mol. The molecule has 0 saturated heterocycles. The zero-order chi connectivity index (χ0) is 18.7. The number of benzene rings is 1. The summed E-state index contributed by atoms with van der Waals surface area (Å²) in [4.78, 5) is 0. The third kappa shape index (κ3) is 4.68. The van der Waals surface area contributed by atoms with Crippen LogP contribution < -0.4 is 4.74 Å². The minimum Gasteiger partial charge on any atom is -0.403 e. The van der Waals surface area contributed by atoms with E-state index in [1.54, 1.807) is 0 Å². The smallest absolute Gasteiger partial charge is 0.403 e. The topological polar surface area (TPSA) is 9.23 Å². The van der Waals surface area contributed by atoms with Crippen molar-refractivity contribution in [3.05, 3.63) is 59.8 Å². The molecule has 1 aromatic carbocycles. The third-order valence-corrected chi connectivity index (χ3v) is 5.49. The van der Waals surface area contributed by atoms with E-state index in [0.717, 1.165) is 56.6 Å². The van der Waals surface area contributed by atoms with Gasteiger partial charge in [0.1, 0.15) is 0 Å². The van der Waals surface area contributed by atoms with Crippen molar-refractivity contribution in [2.45, 2.75) is 57.2 Å². The third-order valence-electron chi connectivity index (χ3n) is 5.49. The normalized spacial score (nSPS) is 22.8. The maximum absolute atomic E-state index is 13.9. The number of ether oxygens (including phenoxy) is 1. The average Bonchev–Trinajstić information content (AvgIpc) is 2.63. The van der Waals surface area contributed by atoms with E-state index in [1.165, 1.54) is 23.6 Å². The maximum atomic E-state index is 13.9. The molecule has 0 aromatic heterocycles. The molecule has 0 bridgehead atoms. The van der Waals surface area contributed by atoms with Crippen molar-refractivity contribution in [1.82, 2.24) is 0 Å². The lowest BCUT2D eigenvalue weighted by Crippen LogP contribution is -2.18. The molecule has 0 amide bonds. The minimum absolute atomic E-state index is 0.137. The molecule has 1 unspecified atom stereocenters. The summed E-state index contributed by atoms with van der Waals surface area (Å²) in [6, 6.07) is 3.78. The highest BCUT2D eigenvalue weighted by molar-refractivity contribution is 5.34. The van der Waals surface area contributed by atoms with Crippen LogP contribution in [0.15, 0.2) is 42.5 Å². The van der Waals surface area contributed by atoms with Gasteiger partial charge in [0.2, 0.25) is 0 Å². The number of hydrogen-bond acceptors (Lipinski definition) is 1. The molecule has 1 nitrogen and oxygen atoms in total. The molecule has 26 heavy (non-hydrogen) atoms. The van der Waals surface area contributed by atoms with E-state index < -0.39 is 17.9 Å². The second-order valence-electron chi connectivity index (χ2n) is 7.12. The molecule has 1 saturated carbocycles. The van der Waals surface area contributed by atoms with Crippen LogP contribution >= 0.6 is 0 Å². The Balaban J connectivity index is 1.61. The Morgan fingerprint density at radius 3 is 2.35 bits per heavy atom. The number of alkyl halides is 3. The van der Waals surface area contributed by atoms with Gasteiger partial charge in [-0.2, -0.15) is 0 Å². The van der Waals surface area contributed by atoms with Crippen molar-refractivity contribution in [3.8, 4) is 5.75 Å². The summed E-state index contributed by atoms with van der Waals surface area (Å²) in [5.74, 6) is 0.547. The molecule has 2 aliphatic rings. The van der Waals surface area contributed by atoms with Gasteiger partial charge in [0.15, 0.2) is 11.6 Å². The second-order valence-corrected chi connectivity index (χ2v) is 7.12. The number of hydrogen-bond donors (Lipinski definition) is 0. The maximum Gasteiger partial charge on any atom is 0.573 e. The van der Waals surface area contributed by atoms with Gasteiger partial charge in [-0.15, -0.1) is 19.8 Å². The molecule has 5 heteroatoms. The first-order valence-corrected chi connectivity index (χ1v) is 9.07. The average molecular weight is 367 g/mol. The minimum atomic E-state index is -4.88. The highest BCUT2D eigenvalue weighted by atomic mass is 19.4. The number of halogens is 4. The van der Waals surface area contributed by atoms with Gasteiger partial charge in [0.25, 0.3) is 0 Å².